The van der Waals surface area contributed by atoms with E-state index in [4.69, 9.17) is 0 Å². The molecule has 0 spiro atoms. The first-order chi connectivity index (χ1) is 7.93. The summed E-state index contributed by atoms with van der Waals surface area (Å²) in [5.41, 5.74) is 2.38. The van der Waals surface area contributed by atoms with Crippen LogP contribution in [0.5, 0.6) is 0 Å². The molecular formula is C14H10N2. The minimum absolute atomic E-state index is 1.16. The fourth-order valence-electron chi connectivity index (χ4n) is 1.81. The second-order valence-electron chi connectivity index (χ2n) is 3.67. The smallest absolute Gasteiger partial charge is 0.0346 e. The number of pyridine rings is 2. The maximum atomic E-state index is 4.14. The standard InChI is InChI=1S/C14H10N2/c1-2-13(12-3-6-15-7-4-12)9-14-10-16-8-5-11(1)14/h1-10H. The van der Waals surface area contributed by atoms with Crippen molar-refractivity contribution in [2.75, 3.05) is 0 Å². The molecule has 0 saturated heterocycles. The highest BCUT2D eigenvalue weighted by atomic mass is 14.6. The average molecular weight is 206 g/mol. The third-order valence-electron chi connectivity index (χ3n) is 2.65. The number of hydrogen-bond acceptors (Lipinski definition) is 2. The van der Waals surface area contributed by atoms with Crippen molar-refractivity contribution in [2.45, 2.75) is 0 Å². The van der Waals surface area contributed by atoms with Gasteiger partial charge in [-0.15, -0.1) is 0 Å². The van der Waals surface area contributed by atoms with Gasteiger partial charge in [-0.2, -0.15) is 0 Å². The van der Waals surface area contributed by atoms with Gasteiger partial charge in [0.25, 0.3) is 0 Å². The van der Waals surface area contributed by atoms with Gasteiger partial charge in [-0.25, -0.2) is 0 Å². The molecule has 16 heavy (non-hydrogen) atoms. The molecule has 2 heterocycles. The normalized spacial score (nSPS) is 10.5. The minimum atomic E-state index is 1.16. The maximum absolute atomic E-state index is 4.14. The number of aromatic nitrogens is 2. The Labute approximate surface area is 93.6 Å². The van der Waals surface area contributed by atoms with E-state index in [9.17, 15) is 0 Å². The van der Waals surface area contributed by atoms with Gasteiger partial charge in [0.05, 0.1) is 0 Å². The molecule has 1 aromatic carbocycles. The van der Waals surface area contributed by atoms with Crippen molar-refractivity contribution in [3.63, 3.8) is 0 Å². The Balaban J connectivity index is 2.19. The summed E-state index contributed by atoms with van der Waals surface area (Å²) in [5.74, 6) is 0. The van der Waals surface area contributed by atoms with Crippen LogP contribution in [0.3, 0.4) is 0 Å². The predicted octanol–water partition coefficient (Wildman–Crippen LogP) is 3.30. The molecule has 3 rings (SSSR count). The summed E-state index contributed by atoms with van der Waals surface area (Å²) in [7, 11) is 0. The van der Waals surface area contributed by atoms with Crippen molar-refractivity contribution < 1.29 is 0 Å². The minimum Gasteiger partial charge on any atom is -0.265 e. The quantitative estimate of drug-likeness (QED) is 0.610. The SMILES string of the molecule is c1cc(-c2ccc3ccncc3c2)ccn1. The molecule has 0 saturated carbocycles. The van der Waals surface area contributed by atoms with E-state index in [1.165, 1.54) is 16.5 Å². The van der Waals surface area contributed by atoms with Gasteiger partial charge in [0.15, 0.2) is 0 Å². The number of nitrogens with zero attached hydrogens (tertiary/aromatic N) is 2. The van der Waals surface area contributed by atoms with Gasteiger partial charge in [0.1, 0.15) is 0 Å². The Kier molecular flexibility index (Phi) is 2.11. The first kappa shape index (κ1) is 9.04. The summed E-state index contributed by atoms with van der Waals surface area (Å²) >= 11 is 0. The van der Waals surface area contributed by atoms with Gasteiger partial charge in [-0.1, -0.05) is 12.1 Å². The highest BCUT2D eigenvalue weighted by molar-refractivity contribution is 5.86. The van der Waals surface area contributed by atoms with Crippen LogP contribution in [0.1, 0.15) is 0 Å². The van der Waals surface area contributed by atoms with Crippen LogP contribution in [-0.2, 0) is 0 Å². The lowest BCUT2D eigenvalue weighted by Gasteiger charge is -2.02. The average Bonchev–Trinajstić information content (AvgIpc) is 2.39. The summed E-state index contributed by atoms with van der Waals surface area (Å²) < 4.78 is 0. The van der Waals surface area contributed by atoms with Crippen LogP contribution >= 0.6 is 0 Å². The van der Waals surface area contributed by atoms with E-state index in [1.54, 1.807) is 0 Å². The lowest BCUT2D eigenvalue weighted by Crippen LogP contribution is -1.80. The van der Waals surface area contributed by atoms with E-state index in [-0.39, 0.29) is 0 Å². The fourth-order valence-corrected chi connectivity index (χ4v) is 1.81. The molecule has 0 aliphatic rings. The fraction of sp³-hybridized carbons (Fsp3) is 0. The molecular weight excluding hydrogens is 196 g/mol. The first-order valence-electron chi connectivity index (χ1n) is 5.18. The molecule has 0 radical (unpaired) electrons. The van der Waals surface area contributed by atoms with Crippen molar-refractivity contribution in [2.24, 2.45) is 0 Å². The number of hydrogen-bond donors (Lipinski definition) is 0. The van der Waals surface area contributed by atoms with Crippen LogP contribution in [0.2, 0.25) is 0 Å². The Hall–Kier alpha value is -2.22. The Bertz CT molecular complexity index is 618. The number of rotatable bonds is 1. The van der Waals surface area contributed by atoms with E-state index in [0.29, 0.717) is 0 Å². The molecule has 3 aromatic rings. The lowest BCUT2D eigenvalue weighted by molar-refractivity contribution is 1.33. The van der Waals surface area contributed by atoms with Crippen LogP contribution in [0.15, 0.2) is 61.2 Å². The van der Waals surface area contributed by atoms with E-state index in [2.05, 4.69) is 28.2 Å². The lowest BCUT2D eigenvalue weighted by atomic mass is 10.0. The topological polar surface area (TPSA) is 25.8 Å². The molecule has 0 fully saturated rings. The van der Waals surface area contributed by atoms with Crippen molar-refractivity contribution in [3.8, 4) is 11.1 Å². The molecule has 0 aliphatic carbocycles. The zero-order valence-corrected chi connectivity index (χ0v) is 8.67. The number of benzene rings is 1. The van der Waals surface area contributed by atoms with Gasteiger partial charge >= 0.3 is 0 Å². The zero-order chi connectivity index (χ0) is 10.8. The van der Waals surface area contributed by atoms with Crippen molar-refractivity contribution in [1.82, 2.24) is 9.97 Å². The van der Waals surface area contributed by atoms with Gasteiger partial charge in [0, 0.05) is 30.2 Å². The van der Waals surface area contributed by atoms with Gasteiger partial charge in [-0.3, -0.25) is 9.97 Å². The van der Waals surface area contributed by atoms with Crippen LogP contribution in [-0.4, -0.2) is 9.97 Å². The van der Waals surface area contributed by atoms with E-state index in [1.807, 2.05) is 43.0 Å². The second-order valence-corrected chi connectivity index (χ2v) is 3.67. The van der Waals surface area contributed by atoms with E-state index >= 15 is 0 Å². The van der Waals surface area contributed by atoms with Crippen molar-refractivity contribution in [3.05, 3.63) is 61.2 Å². The third kappa shape index (κ3) is 1.54. The summed E-state index contributed by atoms with van der Waals surface area (Å²) in [5, 5.41) is 2.38. The highest BCUT2D eigenvalue weighted by Crippen LogP contribution is 2.22. The molecule has 0 atom stereocenters. The van der Waals surface area contributed by atoms with Gasteiger partial charge in [-0.05, 0) is 40.8 Å². The predicted molar refractivity (Wildman–Crippen MR) is 65.0 cm³/mol. The van der Waals surface area contributed by atoms with Crippen LogP contribution < -0.4 is 0 Å². The van der Waals surface area contributed by atoms with Gasteiger partial charge in [0.2, 0.25) is 0 Å². The molecule has 0 aliphatic heterocycles. The van der Waals surface area contributed by atoms with Crippen molar-refractivity contribution >= 4 is 10.8 Å². The molecule has 2 nitrogen and oxygen atoms in total. The molecule has 0 unspecified atom stereocenters. The van der Waals surface area contributed by atoms with Crippen molar-refractivity contribution in [1.29, 1.82) is 0 Å². The summed E-state index contributed by atoms with van der Waals surface area (Å²) in [4.78, 5) is 8.16. The van der Waals surface area contributed by atoms with E-state index in [0.717, 1.165) is 5.39 Å². The van der Waals surface area contributed by atoms with Gasteiger partial charge < -0.3 is 0 Å². The summed E-state index contributed by atoms with van der Waals surface area (Å²) in [6.45, 7) is 0. The summed E-state index contributed by atoms with van der Waals surface area (Å²) in [6.07, 6.45) is 7.32. The first-order valence-corrected chi connectivity index (χ1v) is 5.18. The molecule has 0 N–H and O–H groups in total. The van der Waals surface area contributed by atoms with E-state index < -0.39 is 0 Å². The second kappa shape index (κ2) is 3.74. The highest BCUT2D eigenvalue weighted by Gasteiger charge is 1.98. The molecule has 2 aromatic heterocycles. The van der Waals surface area contributed by atoms with Crippen LogP contribution in [0.4, 0.5) is 0 Å². The zero-order valence-electron chi connectivity index (χ0n) is 8.67. The largest absolute Gasteiger partial charge is 0.265 e. The molecule has 76 valence electrons. The third-order valence-corrected chi connectivity index (χ3v) is 2.65. The Morgan fingerprint density at radius 1 is 0.625 bits per heavy atom. The summed E-state index contributed by atoms with van der Waals surface area (Å²) in [6, 6.07) is 12.4. The van der Waals surface area contributed by atoms with Crippen LogP contribution in [0.25, 0.3) is 21.9 Å². The monoisotopic (exact) mass is 206 g/mol. The Morgan fingerprint density at radius 3 is 2.31 bits per heavy atom. The Morgan fingerprint density at radius 2 is 1.44 bits per heavy atom. The number of fused-ring (bicyclic) bond motifs is 1. The molecule has 0 bridgehead atoms. The molecule has 2 heteroatoms. The molecule has 0 amide bonds. The maximum Gasteiger partial charge on any atom is 0.0346 e. The van der Waals surface area contributed by atoms with Crippen LogP contribution in [0, 0.1) is 0 Å².